The van der Waals surface area contributed by atoms with Crippen molar-refractivity contribution in [2.24, 2.45) is 0 Å². The Bertz CT molecular complexity index is 729. The van der Waals surface area contributed by atoms with Gasteiger partial charge >= 0.3 is 17.8 Å². The molecule has 1 saturated heterocycles. The predicted octanol–water partition coefficient (Wildman–Crippen LogP) is -1.88. The minimum atomic E-state index is -4.87. The number of carbonyl (C=O) groups excluding carboxylic acids is 1. The molecule has 150 valence electrons. The third-order valence-electron chi connectivity index (χ3n) is 4.07. The number of hydrogen-bond donors (Lipinski definition) is 7. The Labute approximate surface area is 150 Å². The first-order valence-corrected chi connectivity index (χ1v) is 7.53. The van der Waals surface area contributed by atoms with Crippen molar-refractivity contribution in [3.8, 4) is 0 Å². The number of ether oxygens (including phenoxy) is 1. The van der Waals surface area contributed by atoms with E-state index in [9.17, 15) is 38.8 Å². The third-order valence-corrected chi connectivity index (χ3v) is 4.07. The summed E-state index contributed by atoms with van der Waals surface area (Å²) in [7, 11) is 0. The van der Waals surface area contributed by atoms with Crippen molar-refractivity contribution < 1.29 is 53.7 Å². The summed E-state index contributed by atoms with van der Waals surface area (Å²) in [5, 5.41) is 58.6. The minimum Gasteiger partial charge on any atom is -0.478 e. The molecule has 1 aliphatic heterocycles. The molecular weight excluding hydrogens is 376 g/mol. The first kappa shape index (κ1) is 21.1. The molecule has 1 aromatic carbocycles. The number of rotatable bonds is 5. The van der Waals surface area contributed by atoms with E-state index in [4.69, 9.17) is 10.2 Å². The molecule has 12 heteroatoms. The van der Waals surface area contributed by atoms with E-state index in [1.165, 1.54) is 6.07 Å². The predicted molar refractivity (Wildman–Crippen MR) is 81.9 cm³/mol. The van der Waals surface area contributed by atoms with Crippen LogP contribution in [0.25, 0.3) is 0 Å². The van der Waals surface area contributed by atoms with Gasteiger partial charge in [-0.1, -0.05) is 6.07 Å². The van der Waals surface area contributed by atoms with Gasteiger partial charge in [-0.3, -0.25) is 4.79 Å². The highest BCUT2D eigenvalue weighted by atomic mass is 19.3. The second kappa shape index (κ2) is 7.42. The largest absolute Gasteiger partial charge is 0.478 e. The second-order valence-electron chi connectivity index (χ2n) is 5.88. The Morgan fingerprint density at radius 2 is 1.85 bits per heavy atom. The van der Waals surface area contributed by atoms with Crippen LogP contribution in [-0.2, 0) is 9.53 Å². The van der Waals surface area contributed by atoms with Crippen molar-refractivity contribution in [2.45, 2.75) is 36.1 Å². The molecule has 1 aromatic rings. The van der Waals surface area contributed by atoms with Crippen LogP contribution in [0.4, 0.5) is 14.5 Å². The van der Waals surface area contributed by atoms with Crippen LogP contribution in [0.5, 0.6) is 0 Å². The van der Waals surface area contributed by atoms with E-state index in [0.29, 0.717) is 0 Å². The average Bonchev–Trinajstić information content (AvgIpc) is 2.62. The Kier molecular flexibility index (Phi) is 5.79. The van der Waals surface area contributed by atoms with Crippen molar-refractivity contribution in [1.29, 1.82) is 0 Å². The number of carboxylic acid groups (broad SMARTS) is 1. The van der Waals surface area contributed by atoms with Gasteiger partial charge in [-0.2, -0.15) is 8.78 Å². The fraction of sp³-hybridized carbons (Fsp3) is 0.467. The molecule has 1 aliphatic rings. The zero-order valence-electron chi connectivity index (χ0n) is 13.5. The highest BCUT2D eigenvalue weighted by molar-refractivity contribution is 5.98. The van der Waals surface area contributed by atoms with Crippen molar-refractivity contribution in [3.63, 3.8) is 0 Å². The van der Waals surface area contributed by atoms with Crippen LogP contribution in [0.2, 0.25) is 0 Å². The number of carboxylic acids is 1. The van der Waals surface area contributed by atoms with Gasteiger partial charge in [0.25, 0.3) is 5.79 Å². The van der Waals surface area contributed by atoms with E-state index in [1.54, 1.807) is 5.32 Å². The van der Waals surface area contributed by atoms with Crippen molar-refractivity contribution in [1.82, 2.24) is 0 Å². The standard InChI is InChI=1S/C15H17F2NO9/c16-14(17,13(25)18-7-3-1-2-6(4-7)12(23)24)15(26)11(22)10(21)9(20)8(5-19)27-15/h1-4,8-11,19-22,26H,5H2,(H,18,25)(H,23,24)/t8-,9-,10+,11+,15-/m1/s1. The summed E-state index contributed by atoms with van der Waals surface area (Å²) in [6.07, 6.45) is -9.07. The van der Waals surface area contributed by atoms with Crippen LogP contribution in [0.15, 0.2) is 24.3 Å². The first-order chi connectivity index (χ1) is 12.5. The maximum absolute atomic E-state index is 14.6. The third kappa shape index (κ3) is 3.63. The van der Waals surface area contributed by atoms with Gasteiger partial charge in [-0.25, -0.2) is 4.79 Å². The first-order valence-electron chi connectivity index (χ1n) is 7.53. The van der Waals surface area contributed by atoms with Gasteiger partial charge in [0.05, 0.1) is 12.2 Å². The molecule has 5 atom stereocenters. The summed E-state index contributed by atoms with van der Waals surface area (Å²) in [6.45, 7) is -1.11. The highest BCUT2D eigenvalue weighted by Crippen LogP contribution is 2.40. The molecule has 0 unspecified atom stereocenters. The number of benzene rings is 1. The fourth-order valence-electron chi connectivity index (χ4n) is 2.52. The Morgan fingerprint density at radius 1 is 1.22 bits per heavy atom. The number of amides is 1. The molecule has 7 N–H and O–H groups in total. The second-order valence-corrected chi connectivity index (χ2v) is 5.88. The quantitative estimate of drug-likeness (QED) is 0.302. The van der Waals surface area contributed by atoms with Crippen LogP contribution < -0.4 is 5.32 Å². The van der Waals surface area contributed by atoms with E-state index < -0.39 is 54.6 Å². The van der Waals surface area contributed by atoms with Crippen molar-refractivity contribution in [3.05, 3.63) is 29.8 Å². The number of aliphatic hydroxyl groups excluding tert-OH is 4. The summed E-state index contributed by atoms with van der Waals surface area (Å²) >= 11 is 0. The SMILES string of the molecule is O=C(O)c1cccc(NC(=O)C(F)(F)[C@]2(O)O[C@H](CO)[C@@H](O)[C@H](O)[C@@H]2O)c1. The van der Waals surface area contributed by atoms with E-state index >= 15 is 0 Å². The molecule has 1 heterocycles. The maximum Gasteiger partial charge on any atom is 0.379 e. The molecular formula is C15H17F2NO9. The maximum atomic E-state index is 14.6. The van der Waals surface area contributed by atoms with E-state index in [0.717, 1.165) is 18.2 Å². The number of aromatic carboxylic acids is 1. The molecule has 0 spiro atoms. The average molecular weight is 393 g/mol. The highest BCUT2D eigenvalue weighted by Gasteiger charge is 2.69. The summed E-state index contributed by atoms with van der Waals surface area (Å²) in [6, 6.07) is 4.27. The van der Waals surface area contributed by atoms with Gasteiger partial charge < -0.3 is 40.7 Å². The Balaban J connectivity index is 2.31. The fourth-order valence-corrected chi connectivity index (χ4v) is 2.52. The number of hydrogen-bond acceptors (Lipinski definition) is 8. The Morgan fingerprint density at radius 3 is 2.41 bits per heavy atom. The minimum absolute atomic E-state index is 0.317. The lowest BCUT2D eigenvalue weighted by Gasteiger charge is -2.47. The summed E-state index contributed by atoms with van der Waals surface area (Å²) in [5.41, 5.74) is -0.671. The zero-order chi connectivity index (χ0) is 20.6. The van der Waals surface area contributed by atoms with Crippen LogP contribution in [0.3, 0.4) is 0 Å². The van der Waals surface area contributed by atoms with E-state index in [1.807, 2.05) is 0 Å². The number of nitrogens with one attached hydrogen (secondary N) is 1. The molecule has 27 heavy (non-hydrogen) atoms. The van der Waals surface area contributed by atoms with Crippen LogP contribution in [-0.4, -0.2) is 85.2 Å². The molecule has 1 amide bonds. The molecule has 0 aliphatic carbocycles. The van der Waals surface area contributed by atoms with Gasteiger partial charge in [-0.05, 0) is 18.2 Å². The van der Waals surface area contributed by atoms with Crippen molar-refractivity contribution >= 4 is 17.6 Å². The molecule has 0 radical (unpaired) electrons. The number of halogens is 2. The molecule has 0 bridgehead atoms. The topological polar surface area (TPSA) is 177 Å². The smallest absolute Gasteiger partial charge is 0.379 e. The van der Waals surface area contributed by atoms with Gasteiger partial charge in [0, 0.05) is 5.69 Å². The van der Waals surface area contributed by atoms with Gasteiger partial charge in [0.1, 0.15) is 24.4 Å². The molecule has 2 rings (SSSR count). The number of aliphatic hydroxyl groups is 5. The Hall–Kier alpha value is -2.22. The molecule has 0 aromatic heterocycles. The monoisotopic (exact) mass is 393 g/mol. The summed E-state index contributed by atoms with van der Waals surface area (Å²) in [4.78, 5) is 22.9. The van der Waals surface area contributed by atoms with Crippen LogP contribution >= 0.6 is 0 Å². The van der Waals surface area contributed by atoms with E-state index in [2.05, 4.69) is 4.74 Å². The lowest BCUT2D eigenvalue weighted by atomic mass is 9.88. The lowest BCUT2D eigenvalue weighted by molar-refractivity contribution is -0.400. The number of carbonyl (C=O) groups is 2. The zero-order valence-corrected chi connectivity index (χ0v) is 13.5. The molecule has 1 fully saturated rings. The van der Waals surface area contributed by atoms with Gasteiger partial charge in [0.15, 0.2) is 0 Å². The van der Waals surface area contributed by atoms with E-state index in [-0.39, 0.29) is 11.3 Å². The number of alkyl halides is 2. The molecule has 0 saturated carbocycles. The lowest BCUT2D eigenvalue weighted by Crippen LogP contribution is -2.73. The summed E-state index contributed by atoms with van der Waals surface area (Å²) < 4.78 is 33.6. The normalized spacial score (nSPS) is 31.4. The van der Waals surface area contributed by atoms with Crippen molar-refractivity contribution in [2.75, 3.05) is 11.9 Å². The van der Waals surface area contributed by atoms with Gasteiger partial charge in [0.2, 0.25) is 0 Å². The van der Waals surface area contributed by atoms with Crippen LogP contribution in [0, 0.1) is 0 Å². The number of anilines is 1. The van der Waals surface area contributed by atoms with Gasteiger partial charge in [-0.15, -0.1) is 0 Å². The van der Waals surface area contributed by atoms with Crippen LogP contribution in [0.1, 0.15) is 10.4 Å². The summed E-state index contributed by atoms with van der Waals surface area (Å²) in [5.74, 6) is -12.4. The molecule has 10 nitrogen and oxygen atoms in total.